The van der Waals surface area contributed by atoms with Crippen molar-refractivity contribution < 1.29 is 4.79 Å². The number of amides is 1. The Morgan fingerprint density at radius 1 is 1.62 bits per heavy atom. The van der Waals surface area contributed by atoms with Crippen molar-refractivity contribution in [2.45, 2.75) is 17.7 Å². The van der Waals surface area contributed by atoms with Gasteiger partial charge < -0.3 is 11.1 Å². The number of hydrogen-bond acceptors (Lipinski definition) is 2. The molecule has 78 valence electrons. The van der Waals surface area contributed by atoms with Crippen LogP contribution < -0.4 is 11.1 Å². The van der Waals surface area contributed by atoms with E-state index in [9.17, 15) is 4.79 Å². The molecule has 1 rings (SSSR count). The molecule has 1 amide bonds. The molecule has 13 heavy (non-hydrogen) atoms. The van der Waals surface area contributed by atoms with E-state index in [0.717, 1.165) is 0 Å². The molecule has 0 radical (unpaired) electrons. The van der Waals surface area contributed by atoms with Crippen molar-refractivity contribution in [3.8, 4) is 0 Å². The van der Waals surface area contributed by atoms with E-state index >= 15 is 0 Å². The third kappa shape index (κ3) is 2.40. The lowest BCUT2D eigenvalue weighted by molar-refractivity contribution is -0.125. The molecule has 0 saturated heterocycles. The van der Waals surface area contributed by atoms with Crippen molar-refractivity contribution in [3.63, 3.8) is 0 Å². The summed E-state index contributed by atoms with van der Waals surface area (Å²) in [6.07, 6.45) is 0.513. The summed E-state index contributed by atoms with van der Waals surface area (Å²) in [5.74, 6) is -0.113. The Morgan fingerprint density at radius 3 is 2.38 bits per heavy atom. The molecule has 1 atom stereocenters. The number of alkyl halides is 2. The van der Waals surface area contributed by atoms with Gasteiger partial charge in [0.1, 0.15) is 4.33 Å². The summed E-state index contributed by atoms with van der Waals surface area (Å²) in [5, 5.41) is 2.66. The van der Waals surface area contributed by atoms with Crippen molar-refractivity contribution >= 4 is 41.5 Å². The third-order valence-electron chi connectivity index (χ3n) is 2.19. The minimum absolute atomic E-state index is 0. The maximum atomic E-state index is 11.4. The van der Waals surface area contributed by atoms with Crippen LogP contribution in [-0.4, -0.2) is 23.3 Å². The summed E-state index contributed by atoms with van der Waals surface area (Å²) < 4.78 is -0.883. The van der Waals surface area contributed by atoms with Crippen LogP contribution in [0.15, 0.2) is 0 Å². The van der Waals surface area contributed by atoms with E-state index in [1.165, 1.54) is 0 Å². The van der Waals surface area contributed by atoms with Gasteiger partial charge in [-0.05, 0) is 13.3 Å². The lowest BCUT2D eigenvalue weighted by Gasteiger charge is -2.11. The number of nitrogens with two attached hydrogens (primary N) is 1. The quantitative estimate of drug-likeness (QED) is 0.733. The minimum atomic E-state index is -0.883. The molecule has 3 nitrogen and oxygen atoms in total. The molecule has 3 N–H and O–H groups in total. The Kier molecular flexibility index (Phi) is 4.31. The lowest BCUT2D eigenvalue weighted by Crippen LogP contribution is -2.36. The second kappa shape index (κ2) is 4.22. The van der Waals surface area contributed by atoms with Crippen LogP contribution in [0, 0.1) is 5.41 Å². The van der Waals surface area contributed by atoms with E-state index in [2.05, 4.69) is 5.32 Å². The molecule has 1 aliphatic rings. The van der Waals surface area contributed by atoms with Gasteiger partial charge in [0.25, 0.3) is 0 Å². The standard InChI is InChI=1S/C7H12Cl2N2O.ClH/c1-6(4-7(6,8)9)5(12)11-3-2-10;/h2-4,10H2,1H3,(H,11,12);1H. The van der Waals surface area contributed by atoms with Crippen LogP contribution in [0.1, 0.15) is 13.3 Å². The Bertz CT molecular complexity index is 210. The van der Waals surface area contributed by atoms with Crippen LogP contribution in [0.3, 0.4) is 0 Å². The summed E-state index contributed by atoms with van der Waals surface area (Å²) in [6, 6.07) is 0. The molecule has 0 aromatic rings. The molecule has 0 aromatic heterocycles. The largest absolute Gasteiger partial charge is 0.354 e. The molecule has 1 fully saturated rings. The summed E-state index contributed by atoms with van der Waals surface area (Å²) in [5.41, 5.74) is 4.61. The van der Waals surface area contributed by atoms with E-state index in [-0.39, 0.29) is 18.3 Å². The van der Waals surface area contributed by atoms with Gasteiger partial charge in [-0.2, -0.15) is 0 Å². The molecule has 1 unspecified atom stereocenters. The summed E-state index contributed by atoms with van der Waals surface area (Å²) in [6.45, 7) is 2.65. The van der Waals surface area contributed by atoms with Gasteiger partial charge in [0.15, 0.2) is 0 Å². The first-order valence-electron chi connectivity index (χ1n) is 3.80. The Morgan fingerprint density at radius 2 is 2.08 bits per heavy atom. The van der Waals surface area contributed by atoms with Gasteiger partial charge >= 0.3 is 0 Å². The topological polar surface area (TPSA) is 55.1 Å². The lowest BCUT2D eigenvalue weighted by atomic mass is 10.1. The smallest absolute Gasteiger partial charge is 0.229 e. The second-order valence-electron chi connectivity index (χ2n) is 3.26. The number of nitrogens with one attached hydrogen (secondary N) is 1. The molecular weight excluding hydrogens is 234 g/mol. The first-order valence-corrected chi connectivity index (χ1v) is 4.56. The maximum Gasteiger partial charge on any atom is 0.229 e. The summed E-state index contributed by atoms with van der Waals surface area (Å²) in [4.78, 5) is 11.4. The SMILES string of the molecule is CC1(C(=O)NCCN)CC1(Cl)Cl.Cl. The number of halogens is 3. The van der Waals surface area contributed by atoms with Gasteiger partial charge in [-0.15, -0.1) is 35.6 Å². The highest BCUT2D eigenvalue weighted by Gasteiger charge is 2.67. The van der Waals surface area contributed by atoms with Crippen molar-refractivity contribution in [2.75, 3.05) is 13.1 Å². The van der Waals surface area contributed by atoms with Crippen molar-refractivity contribution in [1.29, 1.82) is 0 Å². The van der Waals surface area contributed by atoms with E-state index in [1.807, 2.05) is 0 Å². The number of rotatable bonds is 3. The fourth-order valence-corrected chi connectivity index (χ4v) is 1.73. The fourth-order valence-electron chi connectivity index (χ4n) is 1.03. The van der Waals surface area contributed by atoms with Gasteiger partial charge in [-0.1, -0.05) is 0 Å². The molecule has 0 aliphatic heterocycles. The van der Waals surface area contributed by atoms with Gasteiger partial charge in [0.2, 0.25) is 5.91 Å². The zero-order chi connectivity index (χ0) is 9.41. The van der Waals surface area contributed by atoms with E-state index in [1.54, 1.807) is 6.92 Å². The van der Waals surface area contributed by atoms with Crippen LogP contribution in [0.2, 0.25) is 0 Å². The monoisotopic (exact) mass is 246 g/mol. The minimum Gasteiger partial charge on any atom is -0.354 e. The third-order valence-corrected chi connectivity index (χ3v) is 3.29. The van der Waals surface area contributed by atoms with Crippen molar-refractivity contribution in [1.82, 2.24) is 5.32 Å². The molecule has 0 spiro atoms. The molecular formula is C7H13Cl3N2O. The molecule has 0 heterocycles. The van der Waals surface area contributed by atoms with Gasteiger partial charge in [0, 0.05) is 13.1 Å². The van der Waals surface area contributed by atoms with E-state index < -0.39 is 9.75 Å². The highest BCUT2D eigenvalue weighted by atomic mass is 35.5. The first kappa shape index (κ1) is 13.3. The van der Waals surface area contributed by atoms with Crippen LogP contribution in [0.25, 0.3) is 0 Å². The van der Waals surface area contributed by atoms with Crippen molar-refractivity contribution in [3.05, 3.63) is 0 Å². The second-order valence-corrected chi connectivity index (χ2v) is 4.74. The van der Waals surface area contributed by atoms with Gasteiger partial charge in [0.05, 0.1) is 5.41 Å². The number of hydrogen-bond donors (Lipinski definition) is 2. The van der Waals surface area contributed by atoms with Crippen LogP contribution in [-0.2, 0) is 4.79 Å². The molecule has 0 bridgehead atoms. The average Bonchev–Trinajstić information content (AvgIpc) is 2.48. The average molecular weight is 248 g/mol. The fraction of sp³-hybridized carbons (Fsp3) is 0.857. The van der Waals surface area contributed by atoms with E-state index in [0.29, 0.717) is 19.5 Å². The molecule has 1 saturated carbocycles. The predicted molar refractivity (Wildman–Crippen MR) is 56.5 cm³/mol. The zero-order valence-corrected chi connectivity index (χ0v) is 9.60. The Balaban J connectivity index is 0.00000144. The first-order chi connectivity index (χ1) is 5.44. The van der Waals surface area contributed by atoms with E-state index in [4.69, 9.17) is 28.9 Å². The zero-order valence-electron chi connectivity index (χ0n) is 7.27. The number of carbonyl (C=O) groups excluding carboxylic acids is 1. The summed E-state index contributed by atoms with van der Waals surface area (Å²) >= 11 is 11.6. The molecule has 6 heteroatoms. The molecule has 1 aliphatic carbocycles. The van der Waals surface area contributed by atoms with Crippen LogP contribution in [0.4, 0.5) is 0 Å². The highest BCUT2D eigenvalue weighted by molar-refractivity contribution is 6.53. The normalized spacial score (nSPS) is 28.9. The van der Waals surface area contributed by atoms with Crippen LogP contribution in [0.5, 0.6) is 0 Å². The number of carbonyl (C=O) groups is 1. The predicted octanol–water partition coefficient (Wildman–Crippen LogP) is 1.07. The van der Waals surface area contributed by atoms with Gasteiger partial charge in [-0.3, -0.25) is 4.79 Å². The summed E-state index contributed by atoms with van der Waals surface area (Å²) in [7, 11) is 0. The maximum absolute atomic E-state index is 11.4. The highest BCUT2D eigenvalue weighted by Crippen LogP contribution is 2.63. The van der Waals surface area contributed by atoms with Crippen molar-refractivity contribution in [2.24, 2.45) is 11.1 Å². The van der Waals surface area contributed by atoms with Crippen LogP contribution >= 0.6 is 35.6 Å². The molecule has 0 aromatic carbocycles. The Labute approximate surface area is 93.7 Å². The van der Waals surface area contributed by atoms with Gasteiger partial charge in [-0.25, -0.2) is 0 Å². The Hall–Kier alpha value is 0.300.